The van der Waals surface area contributed by atoms with Crippen LogP contribution < -0.4 is 14.4 Å². The van der Waals surface area contributed by atoms with Gasteiger partial charge in [0.2, 0.25) is 0 Å². The largest absolute Gasteiger partial charge is 0.493 e. The molecule has 0 bridgehead atoms. The first-order valence-electron chi connectivity index (χ1n) is 12.1. The van der Waals surface area contributed by atoms with E-state index in [9.17, 15) is 14.7 Å². The zero-order chi connectivity index (χ0) is 27.2. The van der Waals surface area contributed by atoms with E-state index in [1.807, 2.05) is 66.7 Å². The van der Waals surface area contributed by atoms with Gasteiger partial charge in [-0.3, -0.25) is 9.69 Å². The summed E-state index contributed by atoms with van der Waals surface area (Å²) < 4.78 is 11.5. The van der Waals surface area contributed by atoms with Crippen molar-refractivity contribution < 1.29 is 24.2 Å². The predicted molar refractivity (Wildman–Crippen MR) is 154 cm³/mol. The monoisotopic (exact) mass is 536 g/mol. The standard InChI is InChI=1S/C31H24N2O5S/c1-37-27-18-21(15-16-26(27)38-20-22-9-8-10-23(17-22)30(35)36)19-28-29(34)33(25-13-6-3-7-14-25)31(39-28)32-24-11-4-2-5-12-24/h2-19H,20H2,1H3,(H,35,36). The van der Waals surface area contributed by atoms with Crippen LogP contribution in [0.5, 0.6) is 11.5 Å². The zero-order valence-electron chi connectivity index (χ0n) is 21.0. The van der Waals surface area contributed by atoms with Crippen LogP contribution in [0.25, 0.3) is 6.08 Å². The number of carbonyl (C=O) groups is 2. The van der Waals surface area contributed by atoms with Crippen molar-refractivity contribution in [3.63, 3.8) is 0 Å². The molecule has 5 rings (SSSR count). The first-order chi connectivity index (χ1) is 19.0. The van der Waals surface area contributed by atoms with Crippen LogP contribution in [0.1, 0.15) is 21.5 Å². The molecular weight excluding hydrogens is 512 g/mol. The van der Waals surface area contributed by atoms with Gasteiger partial charge >= 0.3 is 5.97 Å². The Kier molecular flexibility index (Phi) is 7.75. The maximum atomic E-state index is 13.5. The van der Waals surface area contributed by atoms with E-state index in [4.69, 9.17) is 14.5 Å². The number of rotatable bonds is 8. The van der Waals surface area contributed by atoms with Crippen LogP contribution in [-0.2, 0) is 11.4 Å². The second kappa shape index (κ2) is 11.7. The van der Waals surface area contributed by atoms with Crippen molar-refractivity contribution in [2.24, 2.45) is 4.99 Å². The molecule has 7 nitrogen and oxygen atoms in total. The van der Waals surface area contributed by atoms with Crippen molar-refractivity contribution in [3.05, 3.63) is 125 Å². The Hall–Kier alpha value is -4.82. The van der Waals surface area contributed by atoms with E-state index in [0.29, 0.717) is 21.6 Å². The van der Waals surface area contributed by atoms with E-state index < -0.39 is 5.97 Å². The van der Waals surface area contributed by atoms with Gasteiger partial charge in [-0.15, -0.1) is 0 Å². The molecule has 4 aromatic carbocycles. The van der Waals surface area contributed by atoms with Gasteiger partial charge in [0, 0.05) is 0 Å². The van der Waals surface area contributed by atoms with E-state index in [1.165, 1.54) is 17.8 Å². The van der Waals surface area contributed by atoms with Gasteiger partial charge in [-0.25, -0.2) is 9.79 Å². The number of carboxylic acids is 1. The van der Waals surface area contributed by atoms with Crippen LogP contribution in [0.3, 0.4) is 0 Å². The van der Waals surface area contributed by atoms with Crippen molar-refractivity contribution in [1.29, 1.82) is 0 Å². The van der Waals surface area contributed by atoms with Gasteiger partial charge in [-0.1, -0.05) is 54.6 Å². The molecule has 1 amide bonds. The number of hydrogen-bond acceptors (Lipinski definition) is 6. The number of anilines is 1. The fraction of sp³-hybridized carbons (Fsp3) is 0.0645. The number of nitrogens with zero attached hydrogens (tertiary/aromatic N) is 2. The fourth-order valence-corrected chi connectivity index (χ4v) is 4.97. The number of carboxylic acid groups (broad SMARTS) is 1. The molecule has 1 aliphatic heterocycles. The molecule has 194 valence electrons. The molecule has 1 fully saturated rings. The van der Waals surface area contributed by atoms with Crippen LogP contribution in [-0.4, -0.2) is 29.3 Å². The summed E-state index contributed by atoms with van der Waals surface area (Å²) in [6, 6.07) is 30.9. The maximum Gasteiger partial charge on any atom is 0.335 e. The van der Waals surface area contributed by atoms with Crippen molar-refractivity contribution in [2.45, 2.75) is 6.61 Å². The Morgan fingerprint density at radius 3 is 2.38 bits per heavy atom. The fourth-order valence-electron chi connectivity index (χ4n) is 3.97. The van der Waals surface area contributed by atoms with Crippen LogP contribution >= 0.6 is 11.8 Å². The third-order valence-corrected chi connectivity index (χ3v) is 6.82. The lowest BCUT2D eigenvalue weighted by atomic mass is 10.1. The summed E-state index contributed by atoms with van der Waals surface area (Å²) in [5, 5.41) is 9.78. The van der Waals surface area contributed by atoms with Gasteiger partial charge in [0.25, 0.3) is 5.91 Å². The topological polar surface area (TPSA) is 88.4 Å². The molecule has 1 heterocycles. The molecule has 1 saturated heterocycles. The Labute approximate surface area is 230 Å². The number of aromatic carboxylic acids is 1. The van der Waals surface area contributed by atoms with Crippen molar-refractivity contribution in [2.75, 3.05) is 12.0 Å². The molecule has 1 aliphatic rings. The molecule has 0 spiro atoms. The normalized spacial score (nSPS) is 15.1. The van der Waals surface area contributed by atoms with Crippen LogP contribution in [0, 0.1) is 0 Å². The maximum absolute atomic E-state index is 13.5. The number of aliphatic imine (C=N–C) groups is 1. The van der Waals surface area contributed by atoms with Crippen molar-refractivity contribution >= 4 is 46.3 Å². The molecule has 0 unspecified atom stereocenters. The van der Waals surface area contributed by atoms with Gasteiger partial charge in [0.05, 0.1) is 29.0 Å². The second-order valence-electron chi connectivity index (χ2n) is 8.52. The highest BCUT2D eigenvalue weighted by molar-refractivity contribution is 8.19. The summed E-state index contributed by atoms with van der Waals surface area (Å²) in [6.45, 7) is 0.178. The second-order valence-corrected chi connectivity index (χ2v) is 9.53. The first-order valence-corrected chi connectivity index (χ1v) is 12.9. The summed E-state index contributed by atoms with van der Waals surface area (Å²) in [4.78, 5) is 31.6. The summed E-state index contributed by atoms with van der Waals surface area (Å²) in [6.07, 6.45) is 1.80. The summed E-state index contributed by atoms with van der Waals surface area (Å²) in [7, 11) is 1.54. The molecule has 4 aromatic rings. The Balaban J connectivity index is 1.40. The molecule has 0 atom stereocenters. The van der Waals surface area contributed by atoms with Crippen molar-refractivity contribution in [1.82, 2.24) is 0 Å². The van der Waals surface area contributed by atoms with E-state index >= 15 is 0 Å². The minimum Gasteiger partial charge on any atom is -0.493 e. The van der Waals surface area contributed by atoms with Gasteiger partial charge in [0.15, 0.2) is 16.7 Å². The molecule has 0 aromatic heterocycles. The number of methoxy groups -OCH3 is 1. The third kappa shape index (κ3) is 6.02. The molecule has 39 heavy (non-hydrogen) atoms. The van der Waals surface area contributed by atoms with Crippen LogP contribution in [0.15, 0.2) is 113 Å². The highest BCUT2D eigenvalue weighted by atomic mass is 32.2. The molecule has 1 N–H and O–H groups in total. The lowest BCUT2D eigenvalue weighted by Crippen LogP contribution is -2.28. The summed E-state index contributed by atoms with van der Waals surface area (Å²) in [5.74, 6) is -0.164. The van der Waals surface area contributed by atoms with Gasteiger partial charge in [-0.2, -0.15) is 0 Å². The Bertz CT molecular complexity index is 1570. The Morgan fingerprint density at radius 1 is 0.923 bits per heavy atom. The molecule has 0 radical (unpaired) electrons. The van der Waals surface area contributed by atoms with Gasteiger partial charge in [0.1, 0.15) is 6.61 Å². The zero-order valence-corrected chi connectivity index (χ0v) is 21.8. The lowest BCUT2D eigenvalue weighted by Gasteiger charge is -2.15. The minimum atomic E-state index is -0.992. The first kappa shape index (κ1) is 25.8. The summed E-state index contributed by atoms with van der Waals surface area (Å²) >= 11 is 1.31. The van der Waals surface area contributed by atoms with E-state index in [2.05, 4.69) is 0 Å². The average Bonchev–Trinajstić information content (AvgIpc) is 3.27. The van der Waals surface area contributed by atoms with Gasteiger partial charge < -0.3 is 14.6 Å². The van der Waals surface area contributed by atoms with Crippen LogP contribution in [0.4, 0.5) is 11.4 Å². The Morgan fingerprint density at radius 2 is 1.67 bits per heavy atom. The third-order valence-electron chi connectivity index (χ3n) is 5.86. The molecule has 8 heteroatoms. The minimum absolute atomic E-state index is 0.168. The predicted octanol–water partition coefficient (Wildman–Crippen LogP) is 6.78. The number of para-hydroxylation sites is 2. The average molecular weight is 537 g/mol. The SMILES string of the molecule is COc1cc(C=C2SC(=Nc3ccccc3)N(c3ccccc3)C2=O)ccc1OCc1cccc(C(=O)O)c1. The number of benzene rings is 4. The highest BCUT2D eigenvalue weighted by Crippen LogP contribution is 2.38. The number of hydrogen-bond donors (Lipinski definition) is 1. The summed E-state index contributed by atoms with van der Waals surface area (Å²) in [5.41, 5.74) is 3.18. The molecular formula is C31H24N2O5S. The number of ether oxygens (including phenoxy) is 2. The van der Waals surface area contributed by atoms with E-state index in [1.54, 1.807) is 48.4 Å². The molecule has 0 aliphatic carbocycles. The number of amides is 1. The quantitative estimate of drug-likeness (QED) is 0.250. The smallest absolute Gasteiger partial charge is 0.335 e. The lowest BCUT2D eigenvalue weighted by molar-refractivity contribution is -0.113. The molecule has 0 saturated carbocycles. The number of thioether (sulfide) groups is 1. The number of carbonyl (C=O) groups excluding carboxylic acids is 1. The van der Waals surface area contributed by atoms with Crippen LogP contribution in [0.2, 0.25) is 0 Å². The van der Waals surface area contributed by atoms with Gasteiger partial charge in [-0.05, 0) is 77.5 Å². The van der Waals surface area contributed by atoms with E-state index in [-0.39, 0.29) is 18.1 Å². The highest BCUT2D eigenvalue weighted by Gasteiger charge is 2.34. The van der Waals surface area contributed by atoms with Crippen molar-refractivity contribution in [3.8, 4) is 11.5 Å². The van der Waals surface area contributed by atoms with E-state index in [0.717, 1.165) is 22.5 Å². The number of amidine groups is 1.